The van der Waals surface area contributed by atoms with Crippen LogP contribution in [0.5, 0.6) is 0 Å². The van der Waals surface area contributed by atoms with E-state index in [9.17, 15) is 0 Å². The Labute approximate surface area is 104 Å². The lowest BCUT2D eigenvalue weighted by atomic mass is 10.3. The van der Waals surface area contributed by atoms with Gasteiger partial charge in [-0.15, -0.1) is 10.2 Å². The molecule has 1 aromatic heterocycles. The molecule has 1 aromatic rings. The maximum absolute atomic E-state index is 5.77. The molecule has 0 aromatic carbocycles. The molecule has 2 fully saturated rings. The highest BCUT2D eigenvalue weighted by molar-refractivity contribution is 7.15. The molecule has 6 heteroatoms. The Bertz CT molecular complexity index is 357. The smallest absolute Gasteiger partial charge is 0.207 e. The van der Waals surface area contributed by atoms with Gasteiger partial charge < -0.3 is 0 Å². The second kappa shape index (κ2) is 4.56. The SMILES string of the molecule is Clc1nnc(CN2CCN(C3CC3)CC2)s1. The molecule has 4 nitrogen and oxygen atoms in total. The van der Waals surface area contributed by atoms with Gasteiger partial charge in [0.05, 0.1) is 6.54 Å². The van der Waals surface area contributed by atoms with E-state index in [0.717, 1.165) is 30.7 Å². The summed E-state index contributed by atoms with van der Waals surface area (Å²) in [6, 6.07) is 0.901. The van der Waals surface area contributed by atoms with Crippen LogP contribution in [0.3, 0.4) is 0 Å². The first-order valence-electron chi connectivity index (χ1n) is 5.75. The van der Waals surface area contributed by atoms with E-state index in [2.05, 4.69) is 20.0 Å². The lowest BCUT2D eigenvalue weighted by Gasteiger charge is -2.34. The molecular formula is C10H15ClN4S. The first-order valence-corrected chi connectivity index (χ1v) is 6.95. The number of nitrogens with zero attached hydrogens (tertiary/aromatic N) is 4. The van der Waals surface area contributed by atoms with E-state index in [1.54, 1.807) is 0 Å². The summed E-state index contributed by atoms with van der Waals surface area (Å²) in [4.78, 5) is 5.05. The molecule has 0 atom stereocenters. The zero-order valence-electron chi connectivity index (χ0n) is 9.10. The van der Waals surface area contributed by atoms with E-state index in [1.165, 1.54) is 37.3 Å². The van der Waals surface area contributed by atoms with Gasteiger partial charge in [0.15, 0.2) is 0 Å². The maximum atomic E-state index is 5.77. The predicted molar refractivity (Wildman–Crippen MR) is 64.8 cm³/mol. The van der Waals surface area contributed by atoms with Crippen molar-refractivity contribution in [2.24, 2.45) is 0 Å². The lowest BCUT2D eigenvalue weighted by molar-refractivity contribution is 0.121. The topological polar surface area (TPSA) is 32.3 Å². The Morgan fingerprint density at radius 2 is 1.94 bits per heavy atom. The van der Waals surface area contributed by atoms with Crippen molar-refractivity contribution < 1.29 is 0 Å². The highest BCUT2D eigenvalue weighted by Crippen LogP contribution is 2.27. The fourth-order valence-corrected chi connectivity index (χ4v) is 3.12. The molecule has 0 spiro atoms. The van der Waals surface area contributed by atoms with Gasteiger partial charge >= 0.3 is 0 Å². The molecule has 1 saturated carbocycles. The molecule has 0 unspecified atom stereocenters. The van der Waals surface area contributed by atoms with Crippen molar-refractivity contribution in [3.63, 3.8) is 0 Å². The van der Waals surface area contributed by atoms with Crippen LogP contribution in [0.15, 0.2) is 0 Å². The Kier molecular flexibility index (Phi) is 3.11. The molecule has 88 valence electrons. The van der Waals surface area contributed by atoms with Crippen LogP contribution in [0.1, 0.15) is 17.8 Å². The van der Waals surface area contributed by atoms with Gasteiger partial charge in [-0.2, -0.15) is 0 Å². The minimum Gasteiger partial charge on any atom is -0.298 e. The molecule has 1 aliphatic heterocycles. The van der Waals surface area contributed by atoms with Gasteiger partial charge in [-0.1, -0.05) is 11.3 Å². The molecule has 0 radical (unpaired) electrons. The van der Waals surface area contributed by atoms with Crippen molar-refractivity contribution in [1.82, 2.24) is 20.0 Å². The summed E-state index contributed by atoms with van der Waals surface area (Å²) in [6.45, 7) is 5.61. The van der Waals surface area contributed by atoms with Crippen molar-refractivity contribution in [1.29, 1.82) is 0 Å². The van der Waals surface area contributed by atoms with Crippen LogP contribution in [0.2, 0.25) is 4.47 Å². The first-order chi connectivity index (χ1) is 7.81. The Morgan fingerprint density at radius 1 is 1.19 bits per heavy atom. The summed E-state index contributed by atoms with van der Waals surface area (Å²) in [5, 5.41) is 8.92. The molecule has 3 rings (SSSR count). The summed E-state index contributed by atoms with van der Waals surface area (Å²) in [5.41, 5.74) is 0. The zero-order chi connectivity index (χ0) is 11.0. The Hall–Kier alpha value is -0.230. The molecule has 1 aliphatic carbocycles. The van der Waals surface area contributed by atoms with Crippen LogP contribution in [-0.2, 0) is 6.54 Å². The average molecular weight is 259 g/mol. The Morgan fingerprint density at radius 3 is 2.50 bits per heavy atom. The third kappa shape index (κ3) is 2.53. The molecule has 0 bridgehead atoms. The van der Waals surface area contributed by atoms with Gasteiger partial charge in [-0.25, -0.2) is 0 Å². The second-order valence-electron chi connectivity index (χ2n) is 4.49. The van der Waals surface area contributed by atoms with Gasteiger partial charge in [0.1, 0.15) is 5.01 Å². The van der Waals surface area contributed by atoms with E-state index in [4.69, 9.17) is 11.6 Å². The number of aromatic nitrogens is 2. The van der Waals surface area contributed by atoms with Crippen molar-refractivity contribution in [2.45, 2.75) is 25.4 Å². The number of rotatable bonds is 3. The quantitative estimate of drug-likeness (QED) is 0.822. The van der Waals surface area contributed by atoms with Crippen LogP contribution < -0.4 is 0 Å². The van der Waals surface area contributed by atoms with Crippen molar-refractivity contribution >= 4 is 22.9 Å². The van der Waals surface area contributed by atoms with Gasteiger partial charge in [-0.05, 0) is 24.4 Å². The van der Waals surface area contributed by atoms with Gasteiger partial charge in [0.25, 0.3) is 0 Å². The maximum Gasteiger partial charge on any atom is 0.207 e. The van der Waals surface area contributed by atoms with E-state index >= 15 is 0 Å². The predicted octanol–water partition coefficient (Wildman–Crippen LogP) is 1.47. The number of hydrogen-bond acceptors (Lipinski definition) is 5. The van der Waals surface area contributed by atoms with Crippen LogP contribution in [0.4, 0.5) is 0 Å². The highest BCUT2D eigenvalue weighted by atomic mass is 35.5. The minimum absolute atomic E-state index is 0.548. The van der Waals surface area contributed by atoms with Gasteiger partial charge in [0.2, 0.25) is 4.47 Å². The molecule has 2 aliphatic rings. The monoisotopic (exact) mass is 258 g/mol. The van der Waals surface area contributed by atoms with Crippen molar-refractivity contribution in [3.05, 3.63) is 9.47 Å². The third-order valence-corrected chi connectivity index (χ3v) is 4.27. The fraction of sp³-hybridized carbons (Fsp3) is 0.800. The summed E-state index contributed by atoms with van der Waals surface area (Å²) in [6.07, 6.45) is 2.82. The van der Waals surface area contributed by atoms with Gasteiger partial charge in [-0.3, -0.25) is 9.80 Å². The third-order valence-electron chi connectivity index (χ3n) is 3.27. The lowest BCUT2D eigenvalue weighted by Crippen LogP contribution is -2.46. The summed E-state index contributed by atoms with van der Waals surface area (Å²) >= 11 is 7.26. The molecule has 2 heterocycles. The molecule has 1 saturated heterocycles. The second-order valence-corrected chi connectivity index (χ2v) is 6.14. The van der Waals surface area contributed by atoms with E-state index in [-0.39, 0.29) is 0 Å². The van der Waals surface area contributed by atoms with Crippen LogP contribution in [0.25, 0.3) is 0 Å². The van der Waals surface area contributed by atoms with Gasteiger partial charge in [0, 0.05) is 32.2 Å². The zero-order valence-corrected chi connectivity index (χ0v) is 10.7. The number of piperazine rings is 1. The summed E-state index contributed by atoms with van der Waals surface area (Å²) in [5.74, 6) is 0. The Balaban J connectivity index is 1.50. The normalized spacial score (nSPS) is 23.8. The van der Waals surface area contributed by atoms with Crippen molar-refractivity contribution in [3.8, 4) is 0 Å². The fourth-order valence-electron chi connectivity index (χ4n) is 2.21. The summed E-state index contributed by atoms with van der Waals surface area (Å²) in [7, 11) is 0. The van der Waals surface area contributed by atoms with Crippen molar-refractivity contribution in [2.75, 3.05) is 26.2 Å². The molecule has 16 heavy (non-hydrogen) atoms. The molecule has 0 N–H and O–H groups in total. The largest absolute Gasteiger partial charge is 0.298 e. The highest BCUT2D eigenvalue weighted by Gasteiger charge is 2.31. The number of halogens is 1. The average Bonchev–Trinajstić information content (AvgIpc) is 3.05. The standard InChI is InChI=1S/C10H15ClN4S/c11-10-13-12-9(16-10)7-14-3-5-15(6-4-14)8-1-2-8/h8H,1-7H2. The molecular weight excluding hydrogens is 244 g/mol. The summed E-state index contributed by atoms with van der Waals surface area (Å²) < 4.78 is 0.548. The van der Waals surface area contributed by atoms with Crippen LogP contribution >= 0.6 is 22.9 Å². The first kappa shape index (κ1) is 10.9. The van der Waals surface area contributed by atoms with E-state index in [1.807, 2.05) is 0 Å². The van der Waals surface area contributed by atoms with E-state index < -0.39 is 0 Å². The minimum atomic E-state index is 0.548. The van der Waals surface area contributed by atoms with Crippen LogP contribution in [-0.4, -0.2) is 52.2 Å². The molecule has 0 amide bonds. The number of hydrogen-bond donors (Lipinski definition) is 0. The van der Waals surface area contributed by atoms with Crippen LogP contribution in [0, 0.1) is 0 Å². The van der Waals surface area contributed by atoms with E-state index in [0.29, 0.717) is 4.47 Å².